The summed E-state index contributed by atoms with van der Waals surface area (Å²) >= 11 is 0. The summed E-state index contributed by atoms with van der Waals surface area (Å²) in [6.07, 6.45) is 5.03. The molecule has 2 aliphatic heterocycles. The highest BCUT2D eigenvalue weighted by atomic mass is 19.1. The van der Waals surface area contributed by atoms with Crippen LogP contribution in [0, 0.1) is 11.7 Å². The fourth-order valence-corrected chi connectivity index (χ4v) is 3.66. The molecule has 6 nitrogen and oxygen atoms in total. The molecule has 0 bridgehead atoms. The normalized spacial score (nSPS) is 22.7. The zero-order chi connectivity index (χ0) is 18.4. The number of aliphatic imine (C=N–C) groups is 1. The molecule has 3 rings (SSSR count). The van der Waals surface area contributed by atoms with Crippen molar-refractivity contribution in [3.63, 3.8) is 0 Å². The van der Waals surface area contributed by atoms with Crippen LogP contribution in [0.15, 0.2) is 23.3 Å². The minimum Gasteiger partial charge on any atom is -0.357 e. The number of anilines is 1. The molecule has 0 amide bonds. The van der Waals surface area contributed by atoms with Gasteiger partial charge < -0.3 is 20.4 Å². The Balaban J connectivity index is 1.53. The number of likely N-dealkylation sites (tertiary alicyclic amines) is 1. The Morgan fingerprint density at radius 1 is 1.31 bits per heavy atom. The van der Waals surface area contributed by atoms with Gasteiger partial charge in [0.1, 0.15) is 0 Å². The molecule has 1 unspecified atom stereocenters. The van der Waals surface area contributed by atoms with Gasteiger partial charge in [-0.05, 0) is 64.4 Å². The number of hydrogen-bond donors (Lipinski definition) is 2. The summed E-state index contributed by atoms with van der Waals surface area (Å²) in [5.74, 6) is 1.74. The third-order valence-corrected chi connectivity index (χ3v) is 5.26. The highest BCUT2D eigenvalue weighted by Crippen LogP contribution is 2.21. The van der Waals surface area contributed by atoms with Crippen LogP contribution in [-0.4, -0.2) is 68.2 Å². The molecule has 0 aromatic carbocycles. The Bertz CT molecular complexity index is 599. The lowest BCUT2D eigenvalue weighted by atomic mass is 9.97. The van der Waals surface area contributed by atoms with Crippen molar-refractivity contribution in [1.82, 2.24) is 20.5 Å². The van der Waals surface area contributed by atoms with E-state index in [-0.39, 0.29) is 11.9 Å². The van der Waals surface area contributed by atoms with E-state index in [9.17, 15) is 4.39 Å². The summed E-state index contributed by atoms with van der Waals surface area (Å²) < 4.78 is 13.9. The smallest absolute Gasteiger partial charge is 0.191 e. The first-order valence-electron chi connectivity index (χ1n) is 9.74. The summed E-state index contributed by atoms with van der Waals surface area (Å²) in [5.41, 5.74) is 0. The van der Waals surface area contributed by atoms with Crippen LogP contribution in [0.5, 0.6) is 0 Å². The van der Waals surface area contributed by atoms with Crippen LogP contribution >= 0.6 is 0 Å². The largest absolute Gasteiger partial charge is 0.357 e. The molecule has 2 aliphatic rings. The summed E-state index contributed by atoms with van der Waals surface area (Å²) in [5, 5.41) is 6.87. The number of hydrogen-bond acceptors (Lipinski definition) is 4. The van der Waals surface area contributed by atoms with Crippen molar-refractivity contribution in [3.8, 4) is 0 Å². The lowest BCUT2D eigenvalue weighted by Crippen LogP contribution is -2.45. The summed E-state index contributed by atoms with van der Waals surface area (Å²) in [6, 6.07) is 3.35. The Morgan fingerprint density at radius 3 is 2.85 bits per heavy atom. The monoisotopic (exact) mass is 362 g/mol. The molecule has 2 fully saturated rings. The van der Waals surface area contributed by atoms with Gasteiger partial charge >= 0.3 is 0 Å². The zero-order valence-corrected chi connectivity index (χ0v) is 15.9. The van der Waals surface area contributed by atoms with Crippen LogP contribution < -0.4 is 15.5 Å². The van der Waals surface area contributed by atoms with Crippen LogP contribution in [-0.2, 0) is 0 Å². The number of rotatable bonds is 5. The van der Waals surface area contributed by atoms with Gasteiger partial charge in [-0.3, -0.25) is 4.99 Å². The second-order valence-corrected chi connectivity index (χ2v) is 7.35. The van der Waals surface area contributed by atoms with E-state index in [1.165, 1.54) is 18.9 Å². The third kappa shape index (κ3) is 5.06. The SMILES string of the molecule is CCNC(=NCC1CCN(C)CC1)NC1CCN(c2ncccc2F)C1. The quantitative estimate of drug-likeness (QED) is 0.617. The highest BCUT2D eigenvalue weighted by molar-refractivity contribution is 5.80. The molecule has 26 heavy (non-hydrogen) atoms. The maximum Gasteiger partial charge on any atom is 0.191 e. The Morgan fingerprint density at radius 2 is 2.12 bits per heavy atom. The van der Waals surface area contributed by atoms with Crippen LogP contribution in [0.25, 0.3) is 0 Å². The zero-order valence-electron chi connectivity index (χ0n) is 15.9. The lowest BCUT2D eigenvalue weighted by molar-refractivity contribution is 0.223. The number of nitrogens with one attached hydrogen (secondary N) is 2. The minimum absolute atomic E-state index is 0.254. The fourth-order valence-electron chi connectivity index (χ4n) is 3.66. The van der Waals surface area contributed by atoms with Crippen LogP contribution in [0.2, 0.25) is 0 Å². The number of halogens is 1. The molecule has 1 atom stereocenters. The number of pyridine rings is 1. The predicted octanol–water partition coefficient (Wildman–Crippen LogP) is 1.70. The highest BCUT2D eigenvalue weighted by Gasteiger charge is 2.26. The molecule has 0 saturated carbocycles. The number of piperidine rings is 1. The molecule has 0 spiro atoms. The molecule has 2 saturated heterocycles. The molecule has 7 heteroatoms. The van der Waals surface area contributed by atoms with Crippen molar-refractivity contribution in [2.24, 2.45) is 10.9 Å². The van der Waals surface area contributed by atoms with Gasteiger partial charge in [0.2, 0.25) is 0 Å². The van der Waals surface area contributed by atoms with Crippen LogP contribution in [0.4, 0.5) is 10.2 Å². The van der Waals surface area contributed by atoms with Crippen molar-refractivity contribution in [3.05, 3.63) is 24.1 Å². The van der Waals surface area contributed by atoms with Crippen molar-refractivity contribution in [2.75, 3.05) is 51.2 Å². The van der Waals surface area contributed by atoms with Gasteiger partial charge in [-0.15, -0.1) is 0 Å². The molecular formula is C19H31FN6. The number of guanidine groups is 1. The van der Waals surface area contributed by atoms with Crippen molar-refractivity contribution >= 4 is 11.8 Å². The Labute approximate surface area is 155 Å². The Kier molecular flexibility index (Phi) is 6.66. The van der Waals surface area contributed by atoms with Crippen molar-refractivity contribution in [2.45, 2.75) is 32.2 Å². The molecule has 1 aromatic rings. The molecule has 1 aromatic heterocycles. The first-order chi connectivity index (χ1) is 12.7. The van der Waals surface area contributed by atoms with Crippen molar-refractivity contribution in [1.29, 1.82) is 0 Å². The summed E-state index contributed by atoms with van der Waals surface area (Å²) in [7, 11) is 2.18. The lowest BCUT2D eigenvalue weighted by Gasteiger charge is -2.28. The first-order valence-corrected chi connectivity index (χ1v) is 9.74. The van der Waals surface area contributed by atoms with Crippen molar-refractivity contribution < 1.29 is 4.39 Å². The van der Waals surface area contributed by atoms with Gasteiger partial charge in [0.25, 0.3) is 0 Å². The van der Waals surface area contributed by atoms with Gasteiger partial charge in [-0.25, -0.2) is 9.37 Å². The van der Waals surface area contributed by atoms with E-state index in [4.69, 9.17) is 4.99 Å². The van der Waals surface area contributed by atoms with E-state index in [2.05, 4.69) is 34.5 Å². The number of nitrogens with zero attached hydrogens (tertiary/aromatic N) is 4. The summed E-state index contributed by atoms with van der Waals surface area (Å²) in [6.45, 7) is 7.66. The minimum atomic E-state index is -0.254. The van der Waals surface area contributed by atoms with Gasteiger partial charge in [-0.1, -0.05) is 0 Å². The summed E-state index contributed by atoms with van der Waals surface area (Å²) in [4.78, 5) is 13.4. The van der Waals surface area contributed by atoms with E-state index in [1.807, 2.05) is 4.90 Å². The number of aromatic nitrogens is 1. The Hall–Kier alpha value is -1.89. The topological polar surface area (TPSA) is 55.8 Å². The molecule has 144 valence electrons. The van der Waals surface area contributed by atoms with Gasteiger partial charge in [0.15, 0.2) is 17.6 Å². The standard InChI is InChI=1S/C19H31FN6/c1-3-21-19(23-13-15-6-10-25(2)11-7-15)24-16-8-12-26(14-16)18-17(20)5-4-9-22-18/h4-5,9,15-16H,3,6-8,10-14H2,1-2H3,(H2,21,23,24). The van der Waals surface area contributed by atoms with Crippen LogP contribution in [0.3, 0.4) is 0 Å². The van der Waals surface area contributed by atoms with Gasteiger partial charge in [-0.2, -0.15) is 0 Å². The first kappa shape index (κ1) is 18.9. The van der Waals surface area contributed by atoms with E-state index in [1.54, 1.807) is 12.3 Å². The predicted molar refractivity (Wildman–Crippen MR) is 104 cm³/mol. The maximum absolute atomic E-state index is 13.9. The fraction of sp³-hybridized carbons (Fsp3) is 0.684. The molecule has 2 N–H and O–H groups in total. The second kappa shape index (κ2) is 9.16. The van der Waals surface area contributed by atoms with E-state index < -0.39 is 0 Å². The van der Waals surface area contributed by atoms with Crippen LogP contribution in [0.1, 0.15) is 26.2 Å². The van der Waals surface area contributed by atoms with E-state index in [0.29, 0.717) is 11.7 Å². The molecule has 0 radical (unpaired) electrons. The maximum atomic E-state index is 13.9. The average Bonchev–Trinajstić information content (AvgIpc) is 3.10. The van der Waals surface area contributed by atoms with Gasteiger partial charge in [0, 0.05) is 38.4 Å². The second-order valence-electron chi connectivity index (χ2n) is 7.35. The molecular weight excluding hydrogens is 331 g/mol. The molecule has 3 heterocycles. The average molecular weight is 362 g/mol. The molecule has 0 aliphatic carbocycles. The van der Waals surface area contributed by atoms with E-state index >= 15 is 0 Å². The van der Waals surface area contributed by atoms with E-state index in [0.717, 1.165) is 51.6 Å². The van der Waals surface area contributed by atoms with Gasteiger partial charge in [0.05, 0.1) is 0 Å². The third-order valence-electron chi connectivity index (χ3n) is 5.26.